The molecule has 0 spiro atoms. The molecular weight excluding hydrogens is 234 g/mol. The van der Waals surface area contributed by atoms with E-state index in [2.05, 4.69) is 34.7 Å². The molecule has 1 N–H and O–H groups in total. The van der Waals surface area contributed by atoms with Gasteiger partial charge in [-0.05, 0) is 23.3 Å². The van der Waals surface area contributed by atoms with E-state index in [1.165, 1.54) is 25.7 Å². The average Bonchev–Trinajstić information content (AvgIpc) is 2.94. The Labute approximate surface area is 107 Å². The molecule has 0 aromatic carbocycles. The molecule has 0 radical (unpaired) electrons. The largest absolute Gasteiger partial charge is 0.314 e. The quantitative estimate of drug-likeness (QED) is 0.621. The molecule has 0 amide bonds. The van der Waals surface area contributed by atoms with Crippen molar-refractivity contribution in [2.75, 3.05) is 12.3 Å². The van der Waals surface area contributed by atoms with Crippen LogP contribution in [0.4, 0.5) is 0 Å². The van der Waals surface area contributed by atoms with Gasteiger partial charge in [-0.15, -0.1) is 5.10 Å². The van der Waals surface area contributed by atoms with Gasteiger partial charge in [-0.25, -0.2) is 4.68 Å². The molecular formula is C11H21N5S. The molecule has 17 heavy (non-hydrogen) atoms. The van der Waals surface area contributed by atoms with Crippen molar-refractivity contribution in [1.29, 1.82) is 0 Å². The minimum Gasteiger partial charge on any atom is -0.314 e. The summed E-state index contributed by atoms with van der Waals surface area (Å²) in [5, 5.41) is 16.4. The number of tetrazole rings is 1. The van der Waals surface area contributed by atoms with E-state index in [9.17, 15) is 0 Å². The first-order valence-corrected chi connectivity index (χ1v) is 7.40. The summed E-state index contributed by atoms with van der Waals surface area (Å²) in [5.41, 5.74) is 0. The van der Waals surface area contributed by atoms with E-state index < -0.39 is 0 Å². The lowest BCUT2D eigenvalue weighted by Gasteiger charge is -2.11. The maximum atomic E-state index is 4.13. The Bertz CT molecular complexity index is 332. The number of thioether (sulfide) groups is 1. The van der Waals surface area contributed by atoms with E-state index in [1.54, 1.807) is 11.8 Å². The van der Waals surface area contributed by atoms with Crippen LogP contribution in [0, 0.1) is 0 Å². The standard InChI is InChI=1S/C11H21N5S/c1-9(2)12-7-8-17-11-13-14-15-16(11)10-5-3-4-6-10/h9-10,12H,3-8H2,1-2H3. The molecule has 0 bridgehead atoms. The Morgan fingerprint density at radius 2 is 2.18 bits per heavy atom. The Morgan fingerprint density at radius 3 is 2.88 bits per heavy atom. The summed E-state index contributed by atoms with van der Waals surface area (Å²) < 4.78 is 2.02. The van der Waals surface area contributed by atoms with Crippen molar-refractivity contribution in [3.05, 3.63) is 0 Å². The molecule has 0 saturated heterocycles. The second-order valence-electron chi connectivity index (χ2n) is 4.80. The smallest absolute Gasteiger partial charge is 0.209 e. The molecule has 96 valence electrons. The summed E-state index contributed by atoms with van der Waals surface area (Å²) in [6.45, 7) is 5.32. The van der Waals surface area contributed by atoms with E-state index in [0.29, 0.717) is 12.1 Å². The van der Waals surface area contributed by atoms with Crippen LogP contribution in [0.25, 0.3) is 0 Å². The first-order chi connectivity index (χ1) is 8.27. The lowest BCUT2D eigenvalue weighted by molar-refractivity contribution is 0.423. The van der Waals surface area contributed by atoms with Crippen LogP contribution in [0.1, 0.15) is 45.6 Å². The highest BCUT2D eigenvalue weighted by atomic mass is 32.2. The third-order valence-electron chi connectivity index (χ3n) is 3.02. The van der Waals surface area contributed by atoms with Gasteiger partial charge in [0.05, 0.1) is 6.04 Å². The second-order valence-corrected chi connectivity index (χ2v) is 5.86. The second kappa shape index (κ2) is 6.35. The van der Waals surface area contributed by atoms with Crippen LogP contribution < -0.4 is 5.32 Å². The van der Waals surface area contributed by atoms with E-state index in [0.717, 1.165) is 17.5 Å². The van der Waals surface area contributed by atoms with Gasteiger partial charge in [0.2, 0.25) is 5.16 Å². The van der Waals surface area contributed by atoms with Gasteiger partial charge in [0, 0.05) is 18.3 Å². The first kappa shape index (κ1) is 12.8. The van der Waals surface area contributed by atoms with Gasteiger partial charge >= 0.3 is 0 Å². The Hall–Kier alpha value is -0.620. The maximum Gasteiger partial charge on any atom is 0.209 e. The van der Waals surface area contributed by atoms with Crippen molar-refractivity contribution in [2.24, 2.45) is 0 Å². The summed E-state index contributed by atoms with van der Waals surface area (Å²) in [4.78, 5) is 0. The molecule has 0 atom stereocenters. The SMILES string of the molecule is CC(C)NCCSc1nnnn1C1CCCC1. The van der Waals surface area contributed by atoms with Crippen LogP contribution in [0.15, 0.2) is 5.16 Å². The van der Waals surface area contributed by atoms with Crippen molar-refractivity contribution in [3.8, 4) is 0 Å². The first-order valence-electron chi connectivity index (χ1n) is 6.41. The number of nitrogens with zero attached hydrogens (tertiary/aromatic N) is 4. The fourth-order valence-corrected chi connectivity index (χ4v) is 2.96. The third kappa shape index (κ3) is 3.67. The fourth-order valence-electron chi connectivity index (χ4n) is 2.15. The van der Waals surface area contributed by atoms with Gasteiger partial charge in [0.25, 0.3) is 0 Å². The minimum absolute atomic E-state index is 0.533. The molecule has 0 aliphatic heterocycles. The van der Waals surface area contributed by atoms with Gasteiger partial charge < -0.3 is 5.32 Å². The van der Waals surface area contributed by atoms with E-state index in [4.69, 9.17) is 0 Å². The summed E-state index contributed by atoms with van der Waals surface area (Å²) in [7, 11) is 0. The van der Waals surface area contributed by atoms with E-state index in [-0.39, 0.29) is 0 Å². The monoisotopic (exact) mass is 255 g/mol. The molecule has 5 nitrogen and oxygen atoms in total. The van der Waals surface area contributed by atoms with Crippen molar-refractivity contribution >= 4 is 11.8 Å². The maximum absolute atomic E-state index is 4.13. The molecule has 1 fully saturated rings. The molecule has 0 unspecified atom stereocenters. The summed E-state index contributed by atoms with van der Waals surface area (Å²) in [5.74, 6) is 1.02. The number of aromatic nitrogens is 4. The Kier molecular flexibility index (Phi) is 4.79. The molecule has 1 aliphatic carbocycles. The molecule has 1 aliphatic rings. The highest BCUT2D eigenvalue weighted by molar-refractivity contribution is 7.99. The topological polar surface area (TPSA) is 55.6 Å². The number of hydrogen-bond donors (Lipinski definition) is 1. The van der Waals surface area contributed by atoms with E-state index >= 15 is 0 Å². The predicted molar refractivity (Wildman–Crippen MR) is 69.2 cm³/mol. The van der Waals surface area contributed by atoms with Crippen LogP contribution in [0.5, 0.6) is 0 Å². The van der Waals surface area contributed by atoms with Crippen molar-refractivity contribution in [2.45, 2.75) is 56.8 Å². The highest BCUT2D eigenvalue weighted by Crippen LogP contribution is 2.31. The third-order valence-corrected chi connectivity index (χ3v) is 3.95. The van der Waals surface area contributed by atoms with Crippen LogP contribution in [-0.4, -0.2) is 38.5 Å². The van der Waals surface area contributed by atoms with Gasteiger partial charge in [-0.1, -0.05) is 38.5 Å². The average molecular weight is 255 g/mol. The van der Waals surface area contributed by atoms with Crippen molar-refractivity contribution in [3.63, 3.8) is 0 Å². The zero-order valence-corrected chi connectivity index (χ0v) is 11.4. The van der Waals surface area contributed by atoms with Crippen molar-refractivity contribution < 1.29 is 0 Å². The predicted octanol–water partition coefficient (Wildman–Crippen LogP) is 1.88. The van der Waals surface area contributed by atoms with Gasteiger partial charge in [-0.2, -0.15) is 0 Å². The molecule has 1 aromatic heterocycles. The van der Waals surface area contributed by atoms with Crippen LogP contribution in [0.2, 0.25) is 0 Å². The van der Waals surface area contributed by atoms with Crippen LogP contribution in [0.3, 0.4) is 0 Å². The van der Waals surface area contributed by atoms with Crippen LogP contribution in [-0.2, 0) is 0 Å². The van der Waals surface area contributed by atoms with Crippen LogP contribution >= 0.6 is 11.8 Å². The Morgan fingerprint density at radius 1 is 1.41 bits per heavy atom. The molecule has 1 aromatic rings. The Balaban J connectivity index is 1.82. The minimum atomic E-state index is 0.533. The number of nitrogens with one attached hydrogen (secondary N) is 1. The zero-order chi connectivity index (χ0) is 12.1. The van der Waals surface area contributed by atoms with Gasteiger partial charge in [-0.3, -0.25) is 0 Å². The fraction of sp³-hybridized carbons (Fsp3) is 0.909. The highest BCUT2D eigenvalue weighted by Gasteiger charge is 2.21. The molecule has 6 heteroatoms. The van der Waals surface area contributed by atoms with Gasteiger partial charge in [0.15, 0.2) is 0 Å². The lowest BCUT2D eigenvalue weighted by Crippen LogP contribution is -2.25. The summed E-state index contributed by atoms with van der Waals surface area (Å²) >= 11 is 1.75. The number of hydrogen-bond acceptors (Lipinski definition) is 5. The number of rotatable bonds is 6. The summed E-state index contributed by atoms with van der Waals surface area (Å²) in [6.07, 6.45) is 5.07. The van der Waals surface area contributed by atoms with Crippen molar-refractivity contribution in [1.82, 2.24) is 25.5 Å². The van der Waals surface area contributed by atoms with E-state index in [1.807, 2.05) is 4.68 Å². The summed E-state index contributed by atoms with van der Waals surface area (Å²) in [6, 6.07) is 1.08. The molecule has 2 rings (SSSR count). The van der Waals surface area contributed by atoms with Gasteiger partial charge in [0.1, 0.15) is 0 Å². The lowest BCUT2D eigenvalue weighted by atomic mass is 10.3. The normalized spacial score (nSPS) is 17.1. The molecule has 1 saturated carbocycles. The molecule has 1 heterocycles. The zero-order valence-electron chi connectivity index (χ0n) is 10.6.